The molecule has 1 aromatic heterocycles. The van der Waals surface area contributed by atoms with Crippen LogP contribution in [0.5, 0.6) is 0 Å². The Hall–Kier alpha value is -2.07. The molecule has 0 aliphatic rings. The molecule has 3 nitrogen and oxygen atoms in total. The fraction of sp³-hybridized carbons (Fsp3) is 0. The quantitative estimate of drug-likeness (QED) is 0.765. The van der Waals surface area contributed by atoms with E-state index in [1.807, 2.05) is 54.6 Å². The fourth-order valence-corrected chi connectivity index (χ4v) is 2.25. The van der Waals surface area contributed by atoms with Crippen molar-refractivity contribution < 1.29 is 4.52 Å². The number of benzene rings is 2. The zero-order chi connectivity index (χ0) is 13.2. The van der Waals surface area contributed by atoms with E-state index in [2.05, 4.69) is 21.1 Å². The first-order valence-electron chi connectivity index (χ1n) is 5.82. The van der Waals surface area contributed by atoms with Crippen molar-refractivity contribution in [3.63, 3.8) is 0 Å². The molecule has 19 heavy (non-hydrogen) atoms. The van der Waals surface area contributed by atoms with Crippen molar-refractivity contribution in [2.24, 2.45) is 0 Å². The molecule has 1 heterocycles. The van der Waals surface area contributed by atoms with Crippen molar-refractivity contribution >= 4 is 21.7 Å². The van der Waals surface area contributed by atoms with Crippen LogP contribution in [0.4, 0.5) is 5.82 Å². The first kappa shape index (κ1) is 12.0. The molecule has 3 rings (SSSR count). The highest BCUT2D eigenvalue weighted by Gasteiger charge is 2.17. The van der Waals surface area contributed by atoms with Crippen LogP contribution in [-0.4, -0.2) is 5.16 Å². The molecule has 0 aliphatic heterocycles. The standard InChI is InChI=1S/C15H11BrN2O/c16-12-8-6-11(7-9-12)14-13(15(17)18-19-14)10-4-2-1-3-5-10/h1-9H,(H2,17,18). The van der Waals surface area contributed by atoms with Gasteiger partial charge in [0.15, 0.2) is 11.6 Å². The molecule has 0 spiro atoms. The fourth-order valence-electron chi connectivity index (χ4n) is 1.98. The number of hydrogen-bond donors (Lipinski definition) is 1. The molecule has 4 heteroatoms. The molecule has 94 valence electrons. The summed E-state index contributed by atoms with van der Waals surface area (Å²) in [5.41, 5.74) is 8.71. The van der Waals surface area contributed by atoms with Gasteiger partial charge in [0.25, 0.3) is 0 Å². The van der Waals surface area contributed by atoms with Crippen LogP contribution in [0.2, 0.25) is 0 Å². The molecular formula is C15H11BrN2O. The summed E-state index contributed by atoms with van der Waals surface area (Å²) in [7, 11) is 0. The van der Waals surface area contributed by atoms with E-state index in [-0.39, 0.29) is 0 Å². The lowest BCUT2D eigenvalue weighted by Crippen LogP contribution is -1.88. The van der Waals surface area contributed by atoms with E-state index in [9.17, 15) is 0 Å². The molecule has 0 radical (unpaired) electrons. The molecular weight excluding hydrogens is 304 g/mol. The van der Waals surface area contributed by atoms with Gasteiger partial charge in [0.1, 0.15) is 0 Å². The van der Waals surface area contributed by atoms with E-state index in [4.69, 9.17) is 10.3 Å². The van der Waals surface area contributed by atoms with E-state index in [1.165, 1.54) is 0 Å². The van der Waals surface area contributed by atoms with Gasteiger partial charge in [-0.15, -0.1) is 0 Å². The third kappa shape index (κ3) is 2.27. The number of aromatic nitrogens is 1. The Labute approximate surface area is 119 Å². The second-order valence-corrected chi connectivity index (χ2v) is 5.06. The van der Waals surface area contributed by atoms with Crippen molar-refractivity contribution in [3.05, 3.63) is 59.1 Å². The predicted molar refractivity (Wildman–Crippen MR) is 79.5 cm³/mol. The van der Waals surface area contributed by atoms with Crippen LogP contribution in [0, 0.1) is 0 Å². The van der Waals surface area contributed by atoms with Crippen LogP contribution in [-0.2, 0) is 0 Å². The van der Waals surface area contributed by atoms with Crippen LogP contribution in [0.15, 0.2) is 63.6 Å². The Bertz CT molecular complexity index is 690. The molecule has 0 atom stereocenters. The summed E-state index contributed by atoms with van der Waals surface area (Å²) in [5.74, 6) is 1.10. The highest BCUT2D eigenvalue weighted by molar-refractivity contribution is 9.10. The van der Waals surface area contributed by atoms with Gasteiger partial charge in [-0.3, -0.25) is 0 Å². The van der Waals surface area contributed by atoms with Crippen LogP contribution in [0.3, 0.4) is 0 Å². The molecule has 0 unspecified atom stereocenters. The molecule has 0 fully saturated rings. The largest absolute Gasteiger partial charge is 0.380 e. The van der Waals surface area contributed by atoms with Crippen molar-refractivity contribution in [2.45, 2.75) is 0 Å². The number of nitrogens with two attached hydrogens (primary N) is 1. The predicted octanol–water partition coefficient (Wildman–Crippen LogP) is 4.35. The Morgan fingerprint density at radius 1 is 0.895 bits per heavy atom. The Balaban J connectivity index is 2.16. The summed E-state index contributed by atoms with van der Waals surface area (Å²) in [4.78, 5) is 0. The van der Waals surface area contributed by atoms with E-state index in [1.54, 1.807) is 0 Å². The number of nitrogens with zero attached hydrogens (tertiary/aromatic N) is 1. The van der Waals surface area contributed by atoms with E-state index in [0.29, 0.717) is 11.6 Å². The average molecular weight is 315 g/mol. The number of halogens is 1. The van der Waals surface area contributed by atoms with Gasteiger partial charge in [0.2, 0.25) is 0 Å². The van der Waals surface area contributed by atoms with Crippen molar-refractivity contribution in [2.75, 3.05) is 5.73 Å². The lowest BCUT2D eigenvalue weighted by Gasteiger charge is -2.02. The lowest BCUT2D eigenvalue weighted by molar-refractivity contribution is 0.436. The highest BCUT2D eigenvalue weighted by Crippen LogP contribution is 2.36. The smallest absolute Gasteiger partial charge is 0.176 e. The summed E-state index contributed by atoms with van der Waals surface area (Å²) < 4.78 is 6.40. The van der Waals surface area contributed by atoms with Gasteiger partial charge < -0.3 is 10.3 Å². The van der Waals surface area contributed by atoms with Gasteiger partial charge in [-0.2, -0.15) is 0 Å². The zero-order valence-electron chi connectivity index (χ0n) is 10.0. The van der Waals surface area contributed by atoms with Gasteiger partial charge in [-0.25, -0.2) is 0 Å². The maximum atomic E-state index is 5.93. The van der Waals surface area contributed by atoms with E-state index >= 15 is 0 Å². The highest BCUT2D eigenvalue weighted by atomic mass is 79.9. The van der Waals surface area contributed by atoms with Gasteiger partial charge in [-0.05, 0) is 29.8 Å². The number of rotatable bonds is 2. The first-order chi connectivity index (χ1) is 9.25. The second-order valence-electron chi connectivity index (χ2n) is 4.14. The summed E-state index contributed by atoms with van der Waals surface area (Å²) in [5, 5.41) is 3.88. The second kappa shape index (κ2) is 4.90. The topological polar surface area (TPSA) is 52.0 Å². The van der Waals surface area contributed by atoms with Gasteiger partial charge in [0, 0.05) is 10.0 Å². The van der Waals surface area contributed by atoms with Gasteiger partial charge in [0.05, 0.1) is 5.56 Å². The summed E-state index contributed by atoms with van der Waals surface area (Å²) in [6.07, 6.45) is 0. The summed E-state index contributed by atoms with van der Waals surface area (Å²) >= 11 is 3.42. The van der Waals surface area contributed by atoms with Crippen molar-refractivity contribution in [1.29, 1.82) is 0 Å². The number of anilines is 1. The summed E-state index contributed by atoms with van der Waals surface area (Å²) in [6, 6.07) is 17.7. The SMILES string of the molecule is Nc1noc(-c2ccc(Br)cc2)c1-c1ccccc1. The molecule has 0 bridgehead atoms. The minimum absolute atomic E-state index is 0.407. The average Bonchev–Trinajstić information content (AvgIpc) is 2.82. The third-order valence-corrected chi connectivity index (χ3v) is 3.42. The van der Waals surface area contributed by atoms with Crippen molar-refractivity contribution in [1.82, 2.24) is 5.16 Å². The molecule has 3 aromatic rings. The van der Waals surface area contributed by atoms with Crippen LogP contribution in [0.25, 0.3) is 22.5 Å². The molecule has 0 aliphatic carbocycles. The Morgan fingerprint density at radius 3 is 2.26 bits per heavy atom. The minimum atomic E-state index is 0.407. The zero-order valence-corrected chi connectivity index (χ0v) is 11.6. The number of nitrogen functional groups attached to an aromatic ring is 1. The Kier molecular flexibility index (Phi) is 3.09. The van der Waals surface area contributed by atoms with Gasteiger partial charge >= 0.3 is 0 Å². The molecule has 2 aromatic carbocycles. The molecule has 0 saturated heterocycles. The van der Waals surface area contributed by atoms with Gasteiger partial charge in [-0.1, -0.05) is 51.4 Å². The monoisotopic (exact) mass is 314 g/mol. The lowest BCUT2D eigenvalue weighted by atomic mass is 10.0. The Morgan fingerprint density at radius 2 is 1.58 bits per heavy atom. The maximum Gasteiger partial charge on any atom is 0.176 e. The normalized spacial score (nSPS) is 10.6. The van der Waals surface area contributed by atoms with Crippen LogP contribution in [0.1, 0.15) is 0 Å². The maximum absolute atomic E-state index is 5.93. The first-order valence-corrected chi connectivity index (χ1v) is 6.61. The molecule has 0 saturated carbocycles. The molecule has 0 amide bonds. The third-order valence-electron chi connectivity index (χ3n) is 2.89. The minimum Gasteiger partial charge on any atom is -0.380 e. The van der Waals surface area contributed by atoms with Crippen LogP contribution >= 0.6 is 15.9 Å². The summed E-state index contributed by atoms with van der Waals surface area (Å²) in [6.45, 7) is 0. The van der Waals surface area contributed by atoms with Crippen molar-refractivity contribution in [3.8, 4) is 22.5 Å². The van der Waals surface area contributed by atoms with E-state index in [0.717, 1.165) is 21.2 Å². The molecule has 2 N–H and O–H groups in total. The number of hydrogen-bond acceptors (Lipinski definition) is 3. The van der Waals surface area contributed by atoms with E-state index < -0.39 is 0 Å². The van der Waals surface area contributed by atoms with Crippen LogP contribution < -0.4 is 5.73 Å².